The fourth-order valence-corrected chi connectivity index (χ4v) is 4.57. The average molecular weight is 319 g/mol. The van der Waals surface area contributed by atoms with Gasteiger partial charge in [-0.05, 0) is 50.6 Å². The molecule has 1 heterocycles. The van der Waals surface area contributed by atoms with E-state index < -0.39 is 9.84 Å². The van der Waals surface area contributed by atoms with E-state index >= 15 is 0 Å². The summed E-state index contributed by atoms with van der Waals surface area (Å²) in [5, 5.41) is 0. The maximum Gasteiger partial charge on any atom is 0.150 e. The van der Waals surface area contributed by atoms with Crippen molar-refractivity contribution in [1.29, 1.82) is 0 Å². The third-order valence-electron chi connectivity index (χ3n) is 4.76. The SMILES string of the molecule is CC(C)CCN(CCC(C)C)C1(CN)CCS(=O)(=O)CC1. The highest BCUT2D eigenvalue weighted by atomic mass is 32.2. The molecule has 4 nitrogen and oxygen atoms in total. The Kier molecular flexibility index (Phi) is 7.14. The minimum absolute atomic E-state index is 0.102. The summed E-state index contributed by atoms with van der Waals surface area (Å²) in [5.41, 5.74) is 6.00. The van der Waals surface area contributed by atoms with Crippen molar-refractivity contribution < 1.29 is 8.42 Å². The molecule has 126 valence electrons. The summed E-state index contributed by atoms with van der Waals surface area (Å²) in [6, 6.07) is 0. The van der Waals surface area contributed by atoms with E-state index in [1.54, 1.807) is 0 Å². The van der Waals surface area contributed by atoms with E-state index in [0.717, 1.165) is 25.9 Å². The van der Waals surface area contributed by atoms with Crippen LogP contribution in [0.15, 0.2) is 0 Å². The summed E-state index contributed by atoms with van der Waals surface area (Å²) in [6.07, 6.45) is 3.68. The van der Waals surface area contributed by atoms with E-state index in [-0.39, 0.29) is 5.54 Å². The van der Waals surface area contributed by atoms with Gasteiger partial charge >= 0.3 is 0 Å². The Morgan fingerprint density at radius 2 is 1.43 bits per heavy atom. The first kappa shape index (κ1) is 18.9. The van der Waals surface area contributed by atoms with Crippen molar-refractivity contribution in [2.75, 3.05) is 31.1 Å². The molecule has 0 unspecified atom stereocenters. The molecule has 21 heavy (non-hydrogen) atoms. The maximum absolute atomic E-state index is 11.7. The first-order chi connectivity index (χ1) is 9.71. The summed E-state index contributed by atoms with van der Waals surface area (Å²) in [5.74, 6) is 1.91. The first-order valence-electron chi connectivity index (χ1n) is 8.36. The van der Waals surface area contributed by atoms with Crippen molar-refractivity contribution >= 4 is 9.84 Å². The van der Waals surface area contributed by atoms with Crippen molar-refractivity contribution in [1.82, 2.24) is 4.90 Å². The zero-order valence-electron chi connectivity index (χ0n) is 14.3. The third kappa shape index (κ3) is 5.87. The van der Waals surface area contributed by atoms with E-state index in [9.17, 15) is 8.42 Å². The van der Waals surface area contributed by atoms with Crippen molar-refractivity contribution in [2.45, 2.75) is 58.9 Å². The molecule has 2 N–H and O–H groups in total. The van der Waals surface area contributed by atoms with E-state index in [1.165, 1.54) is 0 Å². The minimum Gasteiger partial charge on any atom is -0.329 e. The zero-order chi connectivity index (χ0) is 16.1. The lowest BCUT2D eigenvalue weighted by Crippen LogP contribution is -2.58. The molecule has 0 radical (unpaired) electrons. The largest absolute Gasteiger partial charge is 0.329 e. The number of hydrogen-bond donors (Lipinski definition) is 1. The van der Waals surface area contributed by atoms with Gasteiger partial charge < -0.3 is 5.73 Å². The summed E-state index contributed by atoms with van der Waals surface area (Å²) in [7, 11) is -2.84. The van der Waals surface area contributed by atoms with Gasteiger partial charge in [-0.25, -0.2) is 8.42 Å². The molecule has 1 aliphatic heterocycles. The average Bonchev–Trinajstić information content (AvgIpc) is 2.39. The van der Waals surface area contributed by atoms with Crippen LogP contribution >= 0.6 is 0 Å². The zero-order valence-corrected chi connectivity index (χ0v) is 15.1. The van der Waals surface area contributed by atoms with Gasteiger partial charge in [-0.2, -0.15) is 0 Å². The lowest BCUT2D eigenvalue weighted by molar-refractivity contribution is 0.0726. The second-order valence-corrected chi connectivity index (χ2v) is 9.74. The van der Waals surface area contributed by atoms with E-state index in [0.29, 0.717) is 42.7 Å². The van der Waals surface area contributed by atoms with Gasteiger partial charge in [0.25, 0.3) is 0 Å². The number of rotatable bonds is 8. The molecule has 0 bridgehead atoms. The van der Waals surface area contributed by atoms with Crippen LogP contribution in [0.4, 0.5) is 0 Å². The van der Waals surface area contributed by atoms with Gasteiger partial charge in [-0.1, -0.05) is 27.7 Å². The second-order valence-electron chi connectivity index (χ2n) is 7.43. The van der Waals surface area contributed by atoms with E-state index in [1.807, 2.05) is 0 Å². The van der Waals surface area contributed by atoms with Gasteiger partial charge in [-0.3, -0.25) is 4.90 Å². The molecular weight excluding hydrogens is 284 g/mol. The first-order valence-corrected chi connectivity index (χ1v) is 10.2. The lowest BCUT2D eigenvalue weighted by Gasteiger charge is -2.46. The standard InChI is InChI=1S/C16H34N2O2S/c1-14(2)5-9-18(10-6-15(3)4)16(13-17)7-11-21(19,20)12-8-16/h14-15H,5-13,17H2,1-4H3. The molecule has 0 atom stereocenters. The molecule has 0 aliphatic carbocycles. The van der Waals surface area contributed by atoms with Gasteiger partial charge in [0.1, 0.15) is 9.84 Å². The number of hydrogen-bond acceptors (Lipinski definition) is 4. The monoisotopic (exact) mass is 318 g/mol. The highest BCUT2D eigenvalue weighted by Gasteiger charge is 2.40. The quantitative estimate of drug-likeness (QED) is 0.746. The second kappa shape index (κ2) is 7.93. The molecule has 0 spiro atoms. The molecule has 0 aromatic heterocycles. The molecule has 0 aromatic carbocycles. The topological polar surface area (TPSA) is 63.4 Å². The fourth-order valence-electron chi connectivity index (χ4n) is 2.98. The van der Waals surface area contributed by atoms with Crippen LogP contribution in [0.5, 0.6) is 0 Å². The van der Waals surface area contributed by atoms with Crippen molar-refractivity contribution in [3.8, 4) is 0 Å². The normalized spacial score (nSPS) is 21.3. The molecule has 0 amide bonds. The molecule has 5 heteroatoms. The molecule has 0 aromatic rings. The Morgan fingerprint density at radius 3 is 1.76 bits per heavy atom. The van der Waals surface area contributed by atoms with Crippen molar-refractivity contribution in [3.63, 3.8) is 0 Å². The van der Waals surface area contributed by atoms with Gasteiger partial charge in [0, 0.05) is 12.1 Å². The molecule has 1 rings (SSSR count). The van der Waals surface area contributed by atoms with Crippen LogP contribution in [0.25, 0.3) is 0 Å². The molecular formula is C16H34N2O2S. The number of nitrogens with two attached hydrogens (primary N) is 1. The Labute approximate surface area is 131 Å². The lowest BCUT2D eigenvalue weighted by atomic mass is 9.88. The predicted molar refractivity (Wildman–Crippen MR) is 90.2 cm³/mol. The summed E-state index contributed by atoms with van der Waals surface area (Å²) in [6.45, 7) is 11.6. The minimum atomic E-state index is -2.84. The predicted octanol–water partition coefficient (Wildman–Crippen LogP) is 2.29. The Morgan fingerprint density at radius 1 is 1.00 bits per heavy atom. The van der Waals surface area contributed by atoms with E-state index in [4.69, 9.17) is 5.73 Å². The highest BCUT2D eigenvalue weighted by Crippen LogP contribution is 2.30. The van der Waals surface area contributed by atoms with Crippen LogP contribution in [-0.2, 0) is 9.84 Å². The van der Waals surface area contributed by atoms with Crippen LogP contribution in [0.3, 0.4) is 0 Å². The number of nitrogens with zero attached hydrogens (tertiary/aromatic N) is 1. The Hall–Kier alpha value is -0.130. The molecule has 1 saturated heterocycles. The molecule has 1 aliphatic rings. The van der Waals surface area contributed by atoms with Crippen LogP contribution in [0.1, 0.15) is 53.4 Å². The van der Waals surface area contributed by atoms with E-state index in [2.05, 4.69) is 32.6 Å². The van der Waals surface area contributed by atoms with Gasteiger partial charge in [0.15, 0.2) is 0 Å². The Bertz CT molecular complexity index is 379. The third-order valence-corrected chi connectivity index (χ3v) is 6.41. The summed E-state index contributed by atoms with van der Waals surface area (Å²) >= 11 is 0. The summed E-state index contributed by atoms with van der Waals surface area (Å²) < 4.78 is 23.5. The number of sulfone groups is 1. The Balaban J connectivity index is 2.81. The fraction of sp³-hybridized carbons (Fsp3) is 1.00. The maximum atomic E-state index is 11.7. The van der Waals surface area contributed by atoms with Crippen LogP contribution in [-0.4, -0.2) is 50.0 Å². The van der Waals surface area contributed by atoms with Gasteiger partial charge in [0.2, 0.25) is 0 Å². The van der Waals surface area contributed by atoms with Crippen LogP contribution < -0.4 is 5.73 Å². The molecule has 0 saturated carbocycles. The summed E-state index contributed by atoms with van der Waals surface area (Å²) in [4.78, 5) is 2.50. The van der Waals surface area contributed by atoms with Crippen LogP contribution in [0.2, 0.25) is 0 Å². The van der Waals surface area contributed by atoms with Crippen LogP contribution in [0, 0.1) is 11.8 Å². The van der Waals surface area contributed by atoms with Crippen molar-refractivity contribution in [2.24, 2.45) is 17.6 Å². The highest BCUT2D eigenvalue weighted by molar-refractivity contribution is 7.91. The van der Waals surface area contributed by atoms with Gasteiger partial charge in [-0.15, -0.1) is 0 Å². The smallest absolute Gasteiger partial charge is 0.150 e. The van der Waals surface area contributed by atoms with Gasteiger partial charge in [0.05, 0.1) is 11.5 Å². The molecule has 1 fully saturated rings. The van der Waals surface area contributed by atoms with Crippen molar-refractivity contribution in [3.05, 3.63) is 0 Å².